The molecule has 2 rings (SSSR count). The maximum Gasteiger partial charge on any atom is 0.233 e. The van der Waals surface area contributed by atoms with Crippen LogP contribution < -0.4 is 11.1 Å². The lowest BCUT2D eigenvalue weighted by molar-refractivity contribution is -0.121. The van der Waals surface area contributed by atoms with E-state index in [-0.39, 0.29) is 23.1 Å². The summed E-state index contributed by atoms with van der Waals surface area (Å²) in [6, 6.07) is 3.50. The summed E-state index contributed by atoms with van der Waals surface area (Å²) in [7, 11) is 0. The third-order valence-electron chi connectivity index (χ3n) is 3.19. The van der Waals surface area contributed by atoms with E-state index in [0.29, 0.717) is 23.3 Å². The zero-order valence-corrected chi connectivity index (χ0v) is 15.6. The monoisotopic (exact) mass is 365 g/mol. The second-order valence-corrected chi connectivity index (χ2v) is 7.96. The van der Waals surface area contributed by atoms with Crippen molar-refractivity contribution in [3.05, 3.63) is 18.4 Å². The lowest BCUT2D eigenvalue weighted by Crippen LogP contribution is -2.44. The Hall–Kier alpha value is -2.29. The maximum absolute atomic E-state index is 12.3. The number of rotatable bonds is 7. The number of thioether (sulfide) groups is 1. The van der Waals surface area contributed by atoms with Crippen LogP contribution in [0.15, 0.2) is 28.0 Å². The van der Waals surface area contributed by atoms with E-state index >= 15 is 0 Å². The summed E-state index contributed by atoms with van der Waals surface area (Å²) in [5.74, 6) is 0.517. The van der Waals surface area contributed by atoms with E-state index in [1.165, 1.54) is 18.0 Å². The first-order valence-electron chi connectivity index (χ1n) is 7.91. The van der Waals surface area contributed by atoms with Gasteiger partial charge in [-0.1, -0.05) is 11.8 Å². The maximum atomic E-state index is 12.3. The summed E-state index contributed by atoms with van der Waals surface area (Å²) in [5, 5.41) is 11.4. The van der Waals surface area contributed by atoms with Gasteiger partial charge in [0.25, 0.3) is 0 Å². The van der Waals surface area contributed by atoms with Gasteiger partial charge in [0.2, 0.25) is 11.8 Å². The Balaban J connectivity index is 2.22. The number of hydrogen-bond donors (Lipinski definition) is 2. The summed E-state index contributed by atoms with van der Waals surface area (Å²) in [4.78, 5) is 23.5. The fourth-order valence-electron chi connectivity index (χ4n) is 2.07. The molecule has 0 radical (unpaired) electrons. The number of carbonyl (C=O) groups is 2. The average Bonchev–Trinajstić information content (AvgIpc) is 3.12. The fourth-order valence-corrected chi connectivity index (χ4v) is 2.95. The minimum Gasteiger partial charge on any atom is -0.461 e. The molecular formula is C16H23N5O3S. The molecule has 2 amide bonds. The standard InChI is InChI=1S/C16H23N5O3S/c1-10(14(23)18-16(2,3)4)25-15-20-19-13(11-6-5-9-24-11)21(15)8-7-12(17)22/h5-6,9-10H,7-8H2,1-4H3,(H2,17,22)(H,18,23). The van der Waals surface area contributed by atoms with Gasteiger partial charge < -0.3 is 15.5 Å². The molecule has 1 unspecified atom stereocenters. The zero-order valence-electron chi connectivity index (χ0n) is 14.8. The number of nitrogens with one attached hydrogen (secondary N) is 1. The van der Waals surface area contributed by atoms with Crippen molar-refractivity contribution in [2.24, 2.45) is 5.73 Å². The largest absolute Gasteiger partial charge is 0.461 e. The Morgan fingerprint density at radius 1 is 1.40 bits per heavy atom. The van der Waals surface area contributed by atoms with Gasteiger partial charge in [-0.05, 0) is 39.8 Å². The molecule has 0 aliphatic rings. The molecule has 2 aromatic heterocycles. The number of primary amides is 1. The highest BCUT2D eigenvalue weighted by Gasteiger charge is 2.24. The van der Waals surface area contributed by atoms with E-state index in [1.807, 2.05) is 20.8 Å². The number of hydrogen-bond acceptors (Lipinski definition) is 6. The van der Waals surface area contributed by atoms with Crippen LogP contribution >= 0.6 is 11.8 Å². The van der Waals surface area contributed by atoms with Gasteiger partial charge in [0.1, 0.15) is 0 Å². The van der Waals surface area contributed by atoms with Crippen molar-refractivity contribution < 1.29 is 14.0 Å². The molecule has 3 N–H and O–H groups in total. The molecule has 1 atom stereocenters. The van der Waals surface area contributed by atoms with Crippen LogP contribution in [0.1, 0.15) is 34.1 Å². The lowest BCUT2D eigenvalue weighted by atomic mass is 10.1. The Kier molecular flexibility index (Phi) is 5.89. The molecular weight excluding hydrogens is 342 g/mol. The van der Waals surface area contributed by atoms with Crippen molar-refractivity contribution in [2.45, 2.75) is 56.6 Å². The topological polar surface area (TPSA) is 116 Å². The normalized spacial score (nSPS) is 12.8. The van der Waals surface area contributed by atoms with Crippen LogP contribution in [0.5, 0.6) is 0 Å². The van der Waals surface area contributed by atoms with E-state index in [0.717, 1.165) is 0 Å². The van der Waals surface area contributed by atoms with Crippen LogP contribution in [-0.4, -0.2) is 37.4 Å². The quantitative estimate of drug-likeness (QED) is 0.723. The van der Waals surface area contributed by atoms with Crippen molar-refractivity contribution >= 4 is 23.6 Å². The number of aromatic nitrogens is 3. The van der Waals surface area contributed by atoms with Gasteiger partial charge in [0.15, 0.2) is 16.7 Å². The summed E-state index contributed by atoms with van der Waals surface area (Å²) < 4.78 is 7.12. The van der Waals surface area contributed by atoms with Gasteiger partial charge in [-0.2, -0.15) is 0 Å². The number of nitrogens with two attached hydrogens (primary N) is 1. The molecule has 2 aromatic rings. The summed E-state index contributed by atoms with van der Waals surface area (Å²) >= 11 is 1.27. The highest BCUT2D eigenvalue weighted by Crippen LogP contribution is 2.27. The number of furan rings is 1. The van der Waals surface area contributed by atoms with Gasteiger partial charge >= 0.3 is 0 Å². The molecule has 136 valence electrons. The smallest absolute Gasteiger partial charge is 0.233 e. The average molecular weight is 365 g/mol. The van der Waals surface area contributed by atoms with Crippen molar-refractivity contribution in [2.75, 3.05) is 0 Å². The molecule has 9 heteroatoms. The van der Waals surface area contributed by atoms with E-state index in [9.17, 15) is 9.59 Å². The Bertz CT molecular complexity index is 734. The molecule has 0 bridgehead atoms. The SMILES string of the molecule is CC(Sc1nnc(-c2ccco2)n1CCC(N)=O)C(=O)NC(C)(C)C. The Morgan fingerprint density at radius 3 is 2.68 bits per heavy atom. The van der Waals surface area contributed by atoms with E-state index in [1.54, 1.807) is 23.6 Å². The molecule has 0 saturated carbocycles. The highest BCUT2D eigenvalue weighted by molar-refractivity contribution is 8.00. The zero-order chi connectivity index (χ0) is 18.6. The number of carbonyl (C=O) groups excluding carboxylic acids is 2. The van der Waals surface area contributed by atoms with E-state index < -0.39 is 5.91 Å². The van der Waals surface area contributed by atoms with Gasteiger partial charge in [-0.25, -0.2) is 0 Å². The van der Waals surface area contributed by atoms with Crippen LogP contribution in [0.25, 0.3) is 11.6 Å². The fraction of sp³-hybridized carbons (Fsp3) is 0.500. The first-order valence-corrected chi connectivity index (χ1v) is 8.79. The van der Waals surface area contributed by atoms with Crippen molar-refractivity contribution in [1.29, 1.82) is 0 Å². The summed E-state index contributed by atoms with van der Waals surface area (Å²) in [6.45, 7) is 7.88. The number of amides is 2. The van der Waals surface area contributed by atoms with E-state index in [2.05, 4.69) is 15.5 Å². The summed E-state index contributed by atoms with van der Waals surface area (Å²) in [6.07, 6.45) is 1.68. The molecule has 0 fully saturated rings. The minimum atomic E-state index is -0.423. The predicted molar refractivity (Wildman–Crippen MR) is 94.8 cm³/mol. The van der Waals surface area contributed by atoms with Crippen molar-refractivity contribution in [1.82, 2.24) is 20.1 Å². The Labute approximate surface area is 150 Å². The first-order chi connectivity index (χ1) is 11.7. The molecule has 2 heterocycles. The molecule has 0 aromatic carbocycles. The minimum absolute atomic E-state index is 0.0958. The molecule has 0 spiro atoms. The first kappa shape index (κ1) is 19.0. The summed E-state index contributed by atoms with van der Waals surface area (Å²) in [5.41, 5.74) is 4.94. The number of nitrogens with zero attached hydrogens (tertiary/aromatic N) is 3. The molecule has 8 nitrogen and oxygen atoms in total. The van der Waals surface area contributed by atoms with Crippen LogP contribution in [-0.2, 0) is 16.1 Å². The van der Waals surface area contributed by atoms with Crippen LogP contribution in [0.2, 0.25) is 0 Å². The third-order valence-corrected chi connectivity index (χ3v) is 4.27. The molecule has 0 aliphatic heterocycles. The van der Waals surface area contributed by atoms with Gasteiger partial charge in [0, 0.05) is 18.5 Å². The lowest BCUT2D eigenvalue weighted by Gasteiger charge is -2.22. The van der Waals surface area contributed by atoms with Crippen molar-refractivity contribution in [3.8, 4) is 11.6 Å². The molecule has 0 aliphatic carbocycles. The van der Waals surface area contributed by atoms with Crippen LogP contribution in [0.4, 0.5) is 0 Å². The van der Waals surface area contributed by atoms with Gasteiger partial charge in [0.05, 0.1) is 11.5 Å². The van der Waals surface area contributed by atoms with Crippen LogP contribution in [0.3, 0.4) is 0 Å². The second kappa shape index (κ2) is 7.73. The van der Waals surface area contributed by atoms with Gasteiger partial charge in [-0.3, -0.25) is 14.2 Å². The van der Waals surface area contributed by atoms with Crippen molar-refractivity contribution in [3.63, 3.8) is 0 Å². The third kappa shape index (κ3) is 5.35. The van der Waals surface area contributed by atoms with Crippen LogP contribution in [0, 0.1) is 0 Å². The van der Waals surface area contributed by atoms with E-state index in [4.69, 9.17) is 10.2 Å². The predicted octanol–water partition coefficient (Wildman–Crippen LogP) is 1.81. The molecule has 0 saturated heterocycles. The Morgan fingerprint density at radius 2 is 2.12 bits per heavy atom. The highest BCUT2D eigenvalue weighted by atomic mass is 32.2. The van der Waals surface area contributed by atoms with Gasteiger partial charge in [-0.15, -0.1) is 10.2 Å². The second-order valence-electron chi connectivity index (χ2n) is 6.65. The molecule has 25 heavy (non-hydrogen) atoms.